The summed E-state index contributed by atoms with van der Waals surface area (Å²) in [5.74, 6) is -0.138. The number of amides is 1. The SMILES string of the molecule is O=C(CSc1nc2ccccc2c(=O)n1C[C@H]1CCCO1)Nc1ccc(Cl)c(Cl)c1. The van der Waals surface area contributed by atoms with E-state index < -0.39 is 0 Å². The van der Waals surface area contributed by atoms with Crippen molar-refractivity contribution in [1.29, 1.82) is 0 Å². The van der Waals surface area contributed by atoms with Gasteiger partial charge < -0.3 is 10.1 Å². The predicted molar refractivity (Wildman–Crippen MR) is 121 cm³/mol. The number of hydrogen-bond donors (Lipinski definition) is 1. The molecule has 9 heteroatoms. The van der Waals surface area contributed by atoms with Crippen LogP contribution in [0.2, 0.25) is 10.0 Å². The van der Waals surface area contributed by atoms with Crippen LogP contribution in [0.5, 0.6) is 0 Å². The van der Waals surface area contributed by atoms with Crippen LogP contribution < -0.4 is 10.9 Å². The maximum Gasteiger partial charge on any atom is 0.262 e. The number of hydrogen-bond acceptors (Lipinski definition) is 5. The van der Waals surface area contributed by atoms with Crippen LogP contribution in [-0.4, -0.2) is 33.9 Å². The van der Waals surface area contributed by atoms with E-state index >= 15 is 0 Å². The molecular formula is C21H19Cl2N3O3S. The average Bonchev–Trinajstić information content (AvgIpc) is 3.25. The highest BCUT2D eigenvalue weighted by atomic mass is 35.5. The number of aromatic nitrogens is 2. The van der Waals surface area contributed by atoms with Crippen LogP contribution in [0, 0.1) is 0 Å². The highest BCUT2D eigenvalue weighted by molar-refractivity contribution is 7.99. The van der Waals surface area contributed by atoms with Crippen molar-refractivity contribution < 1.29 is 9.53 Å². The lowest BCUT2D eigenvalue weighted by Gasteiger charge is -2.16. The zero-order valence-corrected chi connectivity index (χ0v) is 18.3. The van der Waals surface area contributed by atoms with Gasteiger partial charge in [-0.2, -0.15) is 0 Å². The Morgan fingerprint density at radius 3 is 2.83 bits per heavy atom. The van der Waals surface area contributed by atoms with E-state index in [2.05, 4.69) is 10.3 Å². The number of para-hydroxylation sites is 1. The molecule has 1 atom stereocenters. The van der Waals surface area contributed by atoms with E-state index in [1.54, 1.807) is 34.9 Å². The third kappa shape index (κ3) is 4.81. The molecule has 1 aliphatic heterocycles. The van der Waals surface area contributed by atoms with E-state index in [1.165, 1.54) is 11.8 Å². The number of nitrogens with zero attached hydrogens (tertiary/aromatic N) is 2. The Labute approximate surface area is 187 Å². The second-order valence-electron chi connectivity index (χ2n) is 6.93. The first-order valence-electron chi connectivity index (χ1n) is 9.50. The van der Waals surface area contributed by atoms with E-state index in [0.717, 1.165) is 12.8 Å². The van der Waals surface area contributed by atoms with Gasteiger partial charge >= 0.3 is 0 Å². The highest BCUT2D eigenvalue weighted by Gasteiger charge is 2.20. The Morgan fingerprint density at radius 1 is 1.23 bits per heavy atom. The first kappa shape index (κ1) is 21.2. The second-order valence-corrected chi connectivity index (χ2v) is 8.68. The summed E-state index contributed by atoms with van der Waals surface area (Å²) in [5.41, 5.74) is 1.04. The fourth-order valence-electron chi connectivity index (χ4n) is 3.31. The molecule has 2 aromatic carbocycles. The number of anilines is 1. The number of carbonyl (C=O) groups excluding carboxylic acids is 1. The lowest BCUT2D eigenvalue weighted by atomic mass is 10.2. The van der Waals surface area contributed by atoms with Crippen molar-refractivity contribution >= 4 is 57.5 Å². The summed E-state index contributed by atoms with van der Waals surface area (Å²) in [7, 11) is 0. The fourth-order valence-corrected chi connectivity index (χ4v) is 4.42. The molecular weight excluding hydrogens is 445 g/mol. The maximum atomic E-state index is 13.1. The molecule has 6 nitrogen and oxygen atoms in total. The molecule has 1 aliphatic rings. The van der Waals surface area contributed by atoms with E-state index in [4.69, 9.17) is 27.9 Å². The molecule has 30 heavy (non-hydrogen) atoms. The van der Waals surface area contributed by atoms with E-state index in [9.17, 15) is 9.59 Å². The van der Waals surface area contributed by atoms with Gasteiger partial charge in [0, 0.05) is 12.3 Å². The Hall–Kier alpha value is -2.06. The van der Waals surface area contributed by atoms with E-state index in [-0.39, 0.29) is 23.3 Å². The van der Waals surface area contributed by atoms with E-state index in [1.807, 2.05) is 12.1 Å². The number of fused-ring (bicyclic) bond motifs is 1. The topological polar surface area (TPSA) is 73.2 Å². The van der Waals surface area contributed by atoms with Gasteiger partial charge in [0.05, 0.1) is 39.3 Å². The van der Waals surface area contributed by atoms with Crippen molar-refractivity contribution in [2.45, 2.75) is 30.6 Å². The van der Waals surface area contributed by atoms with Crippen molar-refractivity contribution in [2.24, 2.45) is 0 Å². The largest absolute Gasteiger partial charge is 0.376 e. The zero-order valence-electron chi connectivity index (χ0n) is 15.9. The summed E-state index contributed by atoms with van der Waals surface area (Å²) in [6, 6.07) is 12.1. The van der Waals surface area contributed by atoms with Gasteiger partial charge in [0.25, 0.3) is 5.56 Å². The lowest BCUT2D eigenvalue weighted by Crippen LogP contribution is -2.29. The van der Waals surface area contributed by atoms with Gasteiger partial charge in [-0.3, -0.25) is 14.2 Å². The smallest absolute Gasteiger partial charge is 0.262 e. The summed E-state index contributed by atoms with van der Waals surface area (Å²) < 4.78 is 7.33. The van der Waals surface area contributed by atoms with Crippen LogP contribution in [0.15, 0.2) is 52.4 Å². The van der Waals surface area contributed by atoms with Gasteiger partial charge in [-0.1, -0.05) is 47.1 Å². The molecule has 1 amide bonds. The average molecular weight is 464 g/mol. The fraction of sp³-hybridized carbons (Fsp3) is 0.286. The van der Waals surface area contributed by atoms with Crippen LogP contribution in [-0.2, 0) is 16.1 Å². The predicted octanol–water partition coefficient (Wildman–Crippen LogP) is 4.61. The molecule has 0 bridgehead atoms. The molecule has 1 N–H and O–H groups in total. The number of thioether (sulfide) groups is 1. The number of ether oxygens (including phenoxy) is 1. The number of benzene rings is 2. The van der Waals surface area contributed by atoms with Crippen molar-refractivity contribution in [1.82, 2.24) is 9.55 Å². The minimum absolute atomic E-state index is 0.0185. The number of halogens is 2. The Bertz CT molecular complexity index is 1150. The first-order valence-corrected chi connectivity index (χ1v) is 11.2. The molecule has 1 saturated heterocycles. The van der Waals surface area contributed by atoms with Gasteiger partial charge in [0.1, 0.15) is 0 Å². The Morgan fingerprint density at radius 2 is 2.07 bits per heavy atom. The number of carbonyl (C=O) groups is 1. The minimum atomic E-state index is -0.232. The number of rotatable bonds is 6. The summed E-state index contributed by atoms with van der Waals surface area (Å²) in [6.45, 7) is 1.13. The molecule has 2 heterocycles. The van der Waals surface area contributed by atoms with E-state index in [0.29, 0.717) is 44.9 Å². The first-order chi connectivity index (χ1) is 14.5. The summed E-state index contributed by atoms with van der Waals surface area (Å²) in [5, 5.41) is 4.62. The van der Waals surface area contributed by atoms with Crippen molar-refractivity contribution in [3.05, 3.63) is 62.9 Å². The molecule has 0 saturated carbocycles. The monoisotopic (exact) mass is 463 g/mol. The molecule has 1 fully saturated rings. The van der Waals surface area contributed by atoms with Gasteiger partial charge in [0.2, 0.25) is 5.91 Å². The zero-order chi connectivity index (χ0) is 21.1. The molecule has 1 aromatic heterocycles. The summed E-state index contributed by atoms with van der Waals surface area (Å²) in [4.78, 5) is 30.1. The van der Waals surface area contributed by atoms with Crippen LogP contribution in [0.3, 0.4) is 0 Å². The minimum Gasteiger partial charge on any atom is -0.376 e. The lowest BCUT2D eigenvalue weighted by molar-refractivity contribution is -0.113. The summed E-state index contributed by atoms with van der Waals surface area (Å²) >= 11 is 13.1. The second kappa shape index (κ2) is 9.39. The molecule has 156 valence electrons. The number of nitrogens with one attached hydrogen (secondary N) is 1. The highest BCUT2D eigenvalue weighted by Crippen LogP contribution is 2.26. The van der Waals surface area contributed by atoms with Crippen molar-refractivity contribution in [2.75, 3.05) is 17.7 Å². The molecule has 0 radical (unpaired) electrons. The summed E-state index contributed by atoms with van der Waals surface area (Å²) in [6.07, 6.45) is 1.87. The molecule has 0 aliphatic carbocycles. The third-order valence-electron chi connectivity index (χ3n) is 4.77. The van der Waals surface area contributed by atoms with Crippen LogP contribution in [0.4, 0.5) is 5.69 Å². The van der Waals surface area contributed by atoms with Gasteiger partial charge in [-0.25, -0.2) is 4.98 Å². The maximum absolute atomic E-state index is 13.1. The van der Waals surface area contributed by atoms with Crippen molar-refractivity contribution in [3.8, 4) is 0 Å². The third-order valence-corrected chi connectivity index (χ3v) is 6.49. The molecule has 0 spiro atoms. The standard InChI is InChI=1S/C21H19Cl2N3O3S/c22-16-8-7-13(10-17(16)23)24-19(27)12-30-21-25-18-6-2-1-5-15(18)20(28)26(21)11-14-4-3-9-29-14/h1-2,5-8,10,14H,3-4,9,11-12H2,(H,24,27)/t14-/m1/s1. The Balaban J connectivity index is 1.55. The van der Waals surface area contributed by atoms with Crippen LogP contribution >= 0.6 is 35.0 Å². The molecule has 3 aromatic rings. The van der Waals surface area contributed by atoms with Gasteiger partial charge in [-0.05, 0) is 43.2 Å². The van der Waals surface area contributed by atoms with Gasteiger partial charge in [-0.15, -0.1) is 0 Å². The van der Waals surface area contributed by atoms with Crippen LogP contribution in [0.25, 0.3) is 10.9 Å². The normalized spacial score (nSPS) is 16.1. The molecule has 0 unspecified atom stereocenters. The van der Waals surface area contributed by atoms with Crippen molar-refractivity contribution in [3.63, 3.8) is 0 Å². The quantitative estimate of drug-likeness (QED) is 0.426. The van der Waals surface area contributed by atoms with Crippen LogP contribution in [0.1, 0.15) is 12.8 Å². The Kier molecular flexibility index (Phi) is 6.63. The van der Waals surface area contributed by atoms with Gasteiger partial charge in [0.15, 0.2) is 5.16 Å². The molecule has 4 rings (SSSR count).